The molecule has 15 nitrogen and oxygen atoms in total. The van der Waals surface area contributed by atoms with Gasteiger partial charge in [0.25, 0.3) is 0 Å². The van der Waals surface area contributed by atoms with E-state index in [4.69, 9.17) is 5.73 Å². The third kappa shape index (κ3) is 25.1. The second-order valence-corrected chi connectivity index (χ2v) is 17.2. The fraction of sp³-hybridized carbons (Fsp3) is 0.825. The molecule has 6 amide bonds. The Labute approximate surface area is 330 Å². The Morgan fingerprint density at radius 3 is 1.18 bits per heavy atom. The number of amides is 6. The molecule has 0 aromatic rings. The number of carbonyl (C=O) groups excluding carboxylic acids is 6. The van der Waals surface area contributed by atoms with Gasteiger partial charge in [0.2, 0.25) is 35.4 Å². The van der Waals surface area contributed by atoms with Gasteiger partial charge in [0.1, 0.15) is 0 Å². The van der Waals surface area contributed by atoms with Gasteiger partial charge < -0.3 is 42.7 Å². The maximum atomic E-state index is 13.4. The fourth-order valence-corrected chi connectivity index (χ4v) is 6.29. The zero-order valence-electron chi connectivity index (χ0n) is 35.7. The van der Waals surface area contributed by atoms with Gasteiger partial charge in [-0.2, -0.15) is 0 Å². The van der Waals surface area contributed by atoms with Crippen LogP contribution >= 0.6 is 0 Å². The number of nitrogens with one attached hydrogen (secondary N) is 6. The monoisotopic (exact) mass is 782 g/mol. The van der Waals surface area contributed by atoms with Crippen LogP contribution in [0.1, 0.15) is 141 Å². The molecule has 9 N–H and O–H groups in total. The van der Waals surface area contributed by atoms with Gasteiger partial charge in [-0.25, -0.2) is 0 Å². The van der Waals surface area contributed by atoms with Gasteiger partial charge in [-0.3, -0.25) is 33.6 Å². The topological polar surface area (TPSA) is 238 Å². The van der Waals surface area contributed by atoms with Crippen LogP contribution in [0, 0.1) is 29.6 Å². The zero-order chi connectivity index (χ0) is 42.6. The third-order valence-corrected chi connectivity index (χ3v) is 9.26. The molecule has 0 spiro atoms. The number of rotatable bonds is 27. The van der Waals surface area contributed by atoms with Crippen molar-refractivity contribution in [3.05, 3.63) is 0 Å². The average Bonchev–Trinajstić information content (AvgIpc) is 2.98. The molecule has 0 bridgehead atoms. The summed E-state index contributed by atoms with van der Waals surface area (Å²) in [7, 11) is 0. The summed E-state index contributed by atoms with van der Waals surface area (Å²) >= 11 is 0. The summed E-state index contributed by atoms with van der Waals surface area (Å²) in [4.78, 5) is 88.6. The van der Waals surface area contributed by atoms with Crippen LogP contribution in [0.25, 0.3) is 0 Å². The number of carbonyl (C=O) groups is 7. The van der Waals surface area contributed by atoms with Gasteiger partial charge in [0.15, 0.2) is 0 Å². The molecule has 0 aliphatic carbocycles. The Morgan fingerprint density at radius 1 is 0.455 bits per heavy atom. The van der Waals surface area contributed by atoms with E-state index in [-0.39, 0.29) is 104 Å². The highest BCUT2D eigenvalue weighted by atomic mass is 16.4. The minimum Gasteiger partial charge on any atom is -0.481 e. The van der Waals surface area contributed by atoms with Crippen LogP contribution in [0.3, 0.4) is 0 Å². The first kappa shape index (κ1) is 51.2. The molecule has 8 atom stereocenters. The first-order chi connectivity index (χ1) is 25.4. The maximum absolute atomic E-state index is 13.4. The molecule has 0 saturated carbocycles. The predicted molar refractivity (Wildman–Crippen MR) is 214 cm³/mol. The van der Waals surface area contributed by atoms with E-state index in [0.717, 1.165) is 0 Å². The molecule has 0 fully saturated rings. The van der Waals surface area contributed by atoms with Crippen LogP contribution in [0.5, 0.6) is 0 Å². The number of carboxylic acids is 1. The Bertz CT molecular complexity index is 1240. The standard InChI is InChI=1S/C40H75N7O8/c1-22(2)13-30(45-34(48)17-27(10)43-38(52)21-33(41)25(7)8)18-37(51)44-29(12)28(11)40(55)47-31(14-23(3)4)19-36(50)42-26(9)16-35(49)46-32(15-24(5)6)20-39(53)54/h22-33H,13-21,41H2,1-12H3,(H,42,50)(H,43,52)(H,44,51)(H,45,48)(H,46,49)(H,47,55)(H,53,54)/t26-,27-,28-,29-,30-,31-,32-,33-/m0/s1. The molecular weight excluding hydrogens is 706 g/mol. The van der Waals surface area contributed by atoms with E-state index >= 15 is 0 Å². The van der Waals surface area contributed by atoms with E-state index in [9.17, 15) is 38.7 Å². The van der Waals surface area contributed by atoms with Gasteiger partial charge in [-0.15, -0.1) is 0 Å². The lowest BCUT2D eigenvalue weighted by Gasteiger charge is -2.27. The van der Waals surface area contributed by atoms with E-state index in [2.05, 4.69) is 31.9 Å². The summed E-state index contributed by atoms with van der Waals surface area (Å²) in [5.41, 5.74) is 6.00. The lowest BCUT2D eigenvalue weighted by molar-refractivity contribution is -0.138. The summed E-state index contributed by atoms with van der Waals surface area (Å²) in [5, 5.41) is 26.4. The van der Waals surface area contributed by atoms with E-state index in [1.54, 1.807) is 27.7 Å². The van der Waals surface area contributed by atoms with Crippen molar-refractivity contribution in [2.75, 3.05) is 0 Å². The molecule has 0 saturated heterocycles. The van der Waals surface area contributed by atoms with E-state index < -0.39 is 48.1 Å². The molecular formula is C40H75N7O8. The first-order valence-electron chi connectivity index (χ1n) is 20.1. The Hall–Kier alpha value is -3.75. The number of hydrogen-bond donors (Lipinski definition) is 8. The van der Waals surface area contributed by atoms with Gasteiger partial charge in [0.05, 0.1) is 12.3 Å². The van der Waals surface area contributed by atoms with Crippen molar-refractivity contribution in [3.8, 4) is 0 Å². The molecule has 0 radical (unpaired) electrons. The van der Waals surface area contributed by atoms with Gasteiger partial charge in [-0.1, -0.05) is 62.3 Å². The molecule has 0 aliphatic rings. The van der Waals surface area contributed by atoms with Crippen LogP contribution in [-0.4, -0.2) is 88.8 Å². The van der Waals surface area contributed by atoms with Crippen LogP contribution in [-0.2, 0) is 33.6 Å². The van der Waals surface area contributed by atoms with Crippen molar-refractivity contribution in [1.29, 1.82) is 0 Å². The van der Waals surface area contributed by atoms with Crippen molar-refractivity contribution in [2.45, 2.75) is 183 Å². The maximum Gasteiger partial charge on any atom is 0.305 e. The van der Waals surface area contributed by atoms with Crippen LogP contribution in [0.4, 0.5) is 0 Å². The molecule has 0 aromatic carbocycles. The largest absolute Gasteiger partial charge is 0.481 e. The Balaban J connectivity index is 5.21. The van der Waals surface area contributed by atoms with Crippen molar-refractivity contribution in [1.82, 2.24) is 31.9 Å². The second-order valence-electron chi connectivity index (χ2n) is 17.2. The number of aliphatic carboxylic acids is 1. The van der Waals surface area contributed by atoms with Crippen LogP contribution < -0.4 is 37.6 Å². The van der Waals surface area contributed by atoms with Crippen molar-refractivity contribution in [3.63, 3.8) is 0 Å². The van der Waals surface area contributed by atoms with Crippen LogP contribution in [0.15, 0.2) is 0 Å². The molecule has 15 heteroatoms. The molecule has 0 unspecified atom stereocenters. The zero-order valence-corrected chi connectivity index (χ0v) is 35.7. The van der Waals surface area contributed by atoms with Gasteiger partial charge in [0, 0.05) is 74.4 Å². The van der Waals surface area contributed by atoms with Gasteiger partial charge >= 0.3 is 5.97 Å². The van der Waals surface area contributed by atoms with Crippen molar-refractivity contribution in [2.24, 2.45) is 35.3 Å². The predicted octanol–water partition coefficient (Wildman–Crippen LogP) is 3.14. The normalized spacial score (nSPS) is 15.9. The summed E-state index contributed by atoms with van der Waals surface area (Å²) in [6.45, 7) is 22.6. The average molecular weight is 782 g/mol. The Kier molecular flexibility index (Phi) is 24.4. The summed E-state index contributed by atoms with van der Waals surface area (Å²) in [5.74, 6) is -2.78. The summed E-state index contributed by atoms with van der Waals surface area (Å²) in [6, 6.07) is -3.21. The van der Waals surface area contributed by atoms with Crippen molar-refractivity contribution < 1.29 is 38.7 Å². The Morgan fingerprint density at radius 2 is 0.800 bits per heavy atom. The SMILES string of the molecule is CC(C)C[C@@H](CC(=O)O)NC(=O)C[C@H](C)NC(=O)C[C@H](CC(C)C)NC(=O)[C@@H](C)[C@H](C)NC(=O)C[C@H](CC(C)C)NC(=O)C[C@H](C)NC(=O)C[C@H](N)C(C)C. The minimum atomic E-state index is -0.998. The fourth-order valence-electron chi connectivity index (χ4n) is 6.29. The first-order valence-corrected chi connectivity index (χ1v) is 20.1. The molecule has 318 valence electrons. The smallest absolute Gasteiger partial charge is 0.305 e. The van der Waals surface area contributed by atoms with Crippen LogP contribution in [0.2, 0.25) is 0 Å². The lowest BCUT2D eigenvalue weighted by Crippen LogP contribution is -2.49. The third-order valence-electron chi connectivity index (χ3n) is 9.26. The second kappa shape index (κ2) is 26.2. The molecule has 55 heavy (non-hydrogen) atoms. The highest BCUT2D eigenvalue weighted by Crippen LogP contribution is 2.14. The van der Waals surface area contributed by atoms with E-state index in [0.29, 0.717) is 19.3 Å². The summed E-state index contributed by atoms with van der Waals surface area (Å²) in [6.07, 6.45) is 1.60. The minimum absolute atomic E-state index is 0.0108. The summed E-state index contributed by atoms with van der Waals surface area (Å²) < 4.78 is 0. The van der Waals surface area contributed by atoms with E-state index in [1.807, 2.05) is 55.4 Å². The van der Waals surface area contributed by atoms with E-state index in [1.165, 1.54) is 0 Å². The number of carboxylic acid groups (broad SMARTS) is 1. The number of nitrogens with two attached hydrogens (primary N) is 1. The highest BCUT2D eigenvalue weighted by molar-refractivity contribution is 5.84. The lowest BCUT2D eigenvalue weighted by atomic mass is 9.97. The molecule has 0 rings (SSSR count). The highest BCUT2D eigenvalue weighted by Gasteiger charge is 2.28. The van der Waals surface area contributed by atoms with Crippen molar-refractivity contribution >= 4 is 41.4 Å². The molecule has 0 aromatic heterocycles. The quantitative estimate of drug-likeness (QED) is 0.0610. The molecule has 0 heterocycles. The molecule has 0 aliphatic heterocycles. The number of hydrogen-bond acceptors (Lipinski definition) is 8. The van der Waals surface area contributed by atoms with Gasteiger partial charge in [-0.05, 0) is 63.7 Å².